The van der Waals surface area contributed by atoms with Crippen LogP contribution in [0.1, 0.15) is 33.6 Å². The van der Waals surface area contributed by atoms with Gasteiger partial charge in [0.1, 0.15) is 5.60 Å². The first-order valence-electron chi connectivity index (χ1n) is 5.79. The number of hydrogen-bond donors (Lipinski definition) is 1. The van der Waals surface area contributed by atoms with Crippen molar-refractivity contribution in [2.24, 2.45) is 0 Å². The minimum absolute atomic E-state index is 0.0444. The average molecular weight is 295 g/mol. The molecule has 0 bridgehead atoms. The SMILES string of the molecule is CC(C)(C)OC=O.CS(=O)(=O)OC[C@@H]1CCC(=O)N1. The maximum Gasteiger partial charge on any atom is 0.293 e. The highest BCUT2D eigenvalue weighted by Gasteiger charge is 2.21. The number of amides is 1. The van der Waals surface area contributed by atoms with Crippen molar-refractivity contribution >= 4 is 22.5 Å². The molecule has 1 aliphatic rings. The third kappa shape index (κ3) is 11.7. The van der Waals surface area contributed by atoms with E-state index in [9.17, 15) is 18.0 Å². The normalized spacial score (nSPS) is 19.2. The van der Waals surface area contributed by atoms with Crippen molar-refractivity contribution in [1.29, 1.82) is 0 Å². The Kier molecular flexibility index (Phi) is 6.99. The largest absolute Gasteiger partial charge is 0.462 e. The highest BCUT2D eigenvalue weighted by atomic mass is 32.2. The van der Waals surface area contributed by atoms with Crippen LogP contribution >= 0.6 is 0 Å². The van der Waals surface area contributed by atoms with Gasteiger partial charge >= 0.3 is 0 Å². The second-order valence-electron chi connectivity index (χ2n) is 5.12. The Morgan fingerprint density at radius 1 is 1.42 bits per heavy atom. The Balaban J connectivity index is 0.000000399. The summed E-state index contributed by atoms with van der Waals surface area (Å²) in [6.45, 7) is 5.97. The molecular weight excluding hydrogens is 274 g/mol. The first-order valence-corrected chi connectivity index (χ1v) is 7.60. The first-order chi connectivity index (χ1) is 8.53. The zero-order valence-electron chi connectivity index (χ0n) is 11.6. The topological polar surface area (TPSA) is 98.8 Å². The molecule has 1 amide bonds. The number of rotatable bonds is 4. The molecule has 1 rings (SSSR count). The Morgan fingerprint density at radius 2 is 2.00 bits per heavy atom. The third-order valence-electron chi connectivity index (χ3n) is 1.97. The van der Waals surface area contributed by atoms with E-state index in [1.807, 2.05) is 20.8 Å². The van der Waals surface area contributed by atoms with Crippen molar-refractivity contribution in [3.8, 4) is 0 Å². The van der Waals surface area contributed by atoms with Crippen LogP contribution in [0.2, 0.25) is 0 Å². The van der Waals surface area contributed by atoms with Gasteiger partial charge in [-0.1, -0.05) is 0 Å². The molecule has 0 aliphatic carbocycles. The van der Waals surface area contributed by atoms with Gasteiger partial charge in [0.15, 0.2) is 0 Å². The van der Waals surface area contributed by atoms with Crippen LogP contribution < -0.4 is 5.32 Å². The van der Waals surface area contributed by atoms with Crippen molar-refractivity contribution in [2.45, 2.75) is 45.3 Å². The molecule has 1 N–H and O–H groups in total. The van der Waals surface area contributed by atoms with E-state index in [1.165, 1.54) is 0 Å². The quantitative estimate of drug-likeness (QED) is 0.587. The summed E-state index contributed by atoms with van der Waals surface area (Å²) >= 11 is 0. The summed E-state index contributed by atoms with van der Waals surface area (Å²) in [5.41, 5.74) is -0.318. The van der Waals surface area contributed by atoms with E-state index in [0.717, 1.165) is 6.26 Å². The molecule has 112 valence electrons. The molecular formula is C11H21NO6S. The van der Waals surface area contributed by atoms with Gasteiger partial charge in [-0.2, -0.15) is 8.42 Å². The van der Waals surface area contributed by atoms with Crippen LogP contribution in [-0.4, -0.2) is 45.3 Å². The van der Waals surface area contributed by atoms with E-state index >= 15 is 0 Å². The van der Waals surface area contributed by atoms with E-state index < -0.39 is 10.1 Å². The molecule has 0 spiro atoms. The molecule has 7 nitrogen and oxygen atoms in total. The zero-order valence-corrected chi connectivity index (χ0v) is 12.5. The summed E-state index contributed by atoms with van der Waals surface area (Å²) < 4.78 is 30.1. The lowest BCUT2D eigenvalue weighted by Crippen LogP contribution is -2.30. The Labute approximate surface area is 113 Å². The minimum Gasteiger partial charge on any atom is -0.462 e. The second-order valence-corrected chi connectivity index (χ2v) is 6.76. The predicted molar refractivity (Wildman–Crippen MR) is 68.9 cm³/mol. The highest BCUT2D eigenvalue weighted by molar-refractivity contribution is 7.85. The summed E-state index contributed by atoms with van der Waals surface area (Å²) in [5, 5.41) is 2.60. The van der Waals surface area contributed by atoms with E-state index in [0.29, 0.717) is 19.3 Å². The lowest BCUT2D eigenvalue weighted by molar-refractivity contribution is -0.138. The summed E-state index contributed by atoms with van der Waals surface area (Å²) in [7, 11) is -3.38. The van der Waals surface area contributed by atoms with E-state index in [-0.39, 0.29) is 24.2 Å². The Hall–Kier alpha value is -1.15. The molecule has 1 aliphatic heterocycles. The molecule has 0 saturated carbocycles. The molecule has 1 atom stereocenters. The molecule has 8 heteroatoms. The monoisotopic (exact) mass is 295 g/mol. The van der Waals surface area contributed by atoms with Crippen LogP contribution in [-0.2, 0) is 28.6 Å². The fraction of sp³-hybridized carbons (Fsp3) is 0.818. The molecule has 0 aromatic carbocycles. The molecule has 1 heterocycles. The second kappa shape index (κ2) is 7.44. The molecule has 19 heavy (non-hydrogen) atoms. The average Bonchev–Trinajstić information content (AvgIpc) is 2.59. The number of nitrogens with one attached hydrogen (secondary N) is 1. The van der Waals surface area contributed by atoms with Crippen molar-refractivity contribution in [2.75, 3.05) is 12.9 Å². The van der Waals surface area contributed by atoms with Crippen LogP contribution in [0.25, 0.3) is 0 Å². The van der Waals surface area contributed by atoms with E-state index in [4.69, 9.17) is 0 Å². The smallest absolute Gasteiger partial charge is 0.293 e. The van der Waals surface area contributed by atoms with Gasteiger partial charge in [-0.05, 0) is 27.2 Å². The predicted octanol–water partition coefficient (Wildman–Crippen LogP) is 0.199. The molecule has 0 radical (unpaired) electrons. The molecule has 0 aromatic rings. The summed E-state index contributed by atoms with van der Waals surface area (Å²) in [6.07, 6.45) is 2.09. The van der Waals surface area contributed by atoms with Crippen LogP contribution in [0.5, 0.6) is 0 Å². The fourth-order valence-electron chi connectivity index (χ4n) is 1.15. The number of carbonyl (C=O) groups excluding carboxylic acids is 2. The van der Waals surface area contributed by atoms with Crippen LogP contribution in [0, 0.1) is 0 Å². The van der Waals surface area contributed by atoms with Gasteiger partial charge in [0.05, 0.1) is 18.9 Å². The molecule has 1 saturated heterocycles. The summed E-state index contributed by atoms with van der Waals surface area (Å²) in [6, 6.07) is -0.146. The lowest BCUT2D eigenvalue weighted by atomic mass is 10.2. The third-order valence-corrected chi connectivity index (χ3v) is 2.53. The van der Waals surface area contributed by atoms with Gasteiger partial charge in [0.2, 0.25) is 5.91 Å². The standard InChI is InChI=1S/C6H11NO4S.C5H10O2/c1-12(9,10)11-4-5-2-3-6(8)7-5;1-5(2,3)7-4-6/h5H,2-4H2,1H3,(H,7,8);4H,1-3H3/t5-;/m0./s1. The minimum atomic E-state index is -3.38. The van der Waals surface area contributed by atoms with Crippen molar-refractivity contribution in [3.63, 3.8) is 0 Å². The number of carbonyl (C=O) groups is 2. The first kappa shape index (κ1) is 17.8. The molecule has 1 fully saturated rings. The maximum absolute atomic E-state index is 10.7. The fourth-order valence-corrected chi connectivity index (χ4v) is 1.56. The van der Waals surface area contributed by atoms with Crippen LogP contribution in [0.4, 0.5) is 0 Å². The van der Waals surface area contributed by atoms with Gasteiger partial charge in [-0.3, -0.25) is 13.8 Å². The number of hydrogen-bond acceptors (Lipinski definition) is 6. The van der Waals surface area contributed by atoms with E-state index in [2.05, 4.69) is 14.2 Å². The highest BCUT2D eigenvalue weighted by Crippen LogP contribution is 2.07. The van der Waals surface area contributed by atoms with Gasteiger partial charge in [-0.25, -0.2) is 0 Å². The van der Waals surface area contributed by atoms with Gasteiger partial charge in [0, 0.05) is 6.42 Å². The van der Waals surface area contributed by atoms with Gasteiger partial charge in [0.25, 0.3) is 16.6 Å². The van der Waals surface area contributed by atoms with Crippen molar-refractivity contribution < 1.29 is 26.9 Å². The van der Waals surface area contributed by atoms with Crippen LogP contribution in [0.15, 0.2) is 0 Å². The van der Waals surface area contributed by atoms with E-state index in [1.54, 1.807) is 0 Å². The van der Waals surface area contributed by atoms with Crippen molar-refractivity contribution in [1.82, 2.24) is 5.32 Å². The zero-order chi connectivity index (χ0) is 15.1. The maximum atomic E-state index is 10.7. The Morgan fingerprint density at radius 3 is 2.26 bits per heavy atom. The summed E-state index contributed by atoms with van der Waals surface area (Å²) in [4.78, 5) is 20.3. The lowest BCUT2D eigenvalue weighted by Gasteiger charge is -2.14. The van der Waals surface area contributed by atoms with Crippen LogP contribution in [0.3, 0.4) is 0 Å². The molecule has 0 unspecified atom stereocenters. The molecule has 0 aromatic heterocycles. The summed E-state index contributed by atoms with van der Waals surface area (Å²) in [5.74, 6) is -0.0444. The van der Waals surface area contributed by atoms with Crippen molar-refractivity contribution in [3.05, 3.63) is 0 Å². The Bertz CT molecular complexity index is 398. The number of ether oxygens (including phenoxy) is 1. The van der Waals surface area contributed by atoms with Gasteiger partial charge in [-0.15, -0.1) is 0 Å². The van der Waals surface area contributed by atoms with Gasteiger partial charge < -0.3 is 10.1 Å².